The zero-order valence-corrected chi connectivity index (χ0v) is 14.9. The average molecular weight is 385 g/mol. The molecule has 0 saturated carbocycles. The molecule has 140 valence electrons. The Morgan fingerprint density at radius 1 is 1.27 bits per heavy atom. The van der Waals surface area contributed by atoms with Crippen molar-refractivity contribution in [3.8, 4) is 17.0 Å². The van der Waals surface area contributed by atoms with Crippen molar-refractivity contribution in [2.24, 2.45) is 0 Å². The number of hydrogen-bond donors (Lipinski definition) is 1. The van der Waals surface area contributed by atoms with Gasteiger partial charge in [0, 0.05) is 12.5 Å². The fraction of sp³-hybridized carbons (Fsp3) is 0.294. The predicted molar refractivity (Wildman–Crippen MR) is 91.0 cm³/mol. The Balaban J connectivity index is 0.00000105. The maximum Gasteiger partial charge on any atom is 0.335 e. The van der Waals surface area contributed by atoms with E-state index in [1.54, 1.807) is 24.3 Å². The molecule has 2 aromatic rings. The van der Waals surface area contributed by atoms with Crippen LogP contribution in [0.5, 0.6) is 5.75 Å². The van der Waals surface area contributed by atoms with Crippen molar-refractivity contribution in [2.75, 3.05) is 6.61 Å². The number of aromatic carboxylic acids is 1. The first-order valence-corrected chi connectivity index (χ1v) is 8.13. The number of nitrogens with zero attached hydrogens (tertiary/aromatic N) is 1. The molecule has 0 radical (unpaired) electrons. The molecule has 0 bridgehead atoms. The summed E-state index contributed by atoms with van der Waals surface area (Å²) in [6, 6.07) is 8.06. The summed E-state index contributed by atoms with van der Waals surface area (Å²) in [5.74, 6) is -3.63. The van der Waals surface area contributed by atoms with Gasteiger partial charge in [-0.3, -0.25) is 4.98 Å². The fourth-order valence-corrected chi connectivity index (χ4v) is 2.10. The summed E-state index contributed by atoms with van der Waals surface area (Å²) in [5.41, 5.74) is 2.51. The second kappa shape index (κ2) is 9.71. The third kappa shape index (κ3) is 6.67. The van der Waals surface area contributed by atoms with E-state index in [4.69, 9.17) is 18.3 Å². The Hall–Kier alpha value is -2.68. The highest BCUT2D eigenvalue weighted by atomic mass is 32.1. The third-order valence-corrected chi connectivity index (χ3v) is 3.24. The van der Waals surface area contributed by atoms with Crippen LogP contribution in [0.4, 0.5) is 8.78 Å². The monoisotopic (exact) mass is 385 g/mol. The molecule has 26 heavy (non-hydrogen) atoms. The zero-order valence-electron chi connectivity index (χ0n) is 14.1. The van der Waals surface area contributed by atoms with Crippen LogP contribution in [0.15, 0.2) is 36.5 Å². The molecule has 9 heteroatoms. The summed E-state index contributed by atoms with van der Waals surface area (Å²) < 4.78 is 47.1. The van der Waals surface area contributed by atoms with Gasteiger partial charge in [0.15, 0.2) is 6.61 Å². The summed E-state index contributed by atoms with van der Waals surface area (Å²) >= 11 is -0.750. The molecule has 0 atom stereocenters. The lowest BCUT2D eigenvalue weighted by molar-refractivity contribution is -0.0230. The molecule has 6 nitrogen and oxygen atoms in total. The summed E-state index contributed by atoms with van der Waals surface area (Å²) in [6.45, 7) is 2.00. The highest BCUT2D eigenvalue weighted by molar-refractivity contribution is 7.51. The van der Waals surface area contributed by atoms with Crippen LogP contribution in [0.2, 0.25) is 0 Å². The van der Waals surface area contributed by atoms with Gasteiger partial charge >= 0.3 is 17.5 Å². The Labute approximate surface area is 152 Å². The van der Waals surface area contributed by atoms with Crippen molar-refractivity contribution in [3.63, 3.8) is 0 Å². The number of rotatable bonds is 6. The van der Waals surface area contributed by atoms with Gasteiger partial charge < -0.3 is 9.84 Å². The molecule has 0 unspecified atom stereocenters. The maximum absolute atomic E-state index is 12.8. The summed E-state index contributed by atoms with van der Waals surface area (Å²) in [4.78, 5) is 15.2. The SMILES string of the molecule is CCc1cc(C(=O)O)ccc1-c1ccc(OCC(C)(F)F)cn1.O=S=O. The van der Waals surface area contributed by atoms with E-state index in [-0.39, 0.29) is 11.3 Å². The van der Waals surface area contributed by atoms with Gasteiger partial charge in [0.2, 0.25) is 0 Å². The van der Waals surface area contributed by atoms with Gasteiger partial charge in [-0.1, -0.05) is 13.0 Å². The highest BCUT2D eigenvalue weighted by Crippen LogP contribution is 2.25. The zero-order chi connectivity index (χ0) is 19.7. The number of ether oxygens (including phenoxy) is 1. The third-order valence-electron chi connectivity index (χ3n) is 3.24. The van der Waals surface area contributed by atoms with Crippen molar-refractivity contribution in [2.45, 2.75) is 26.2 Å². The minimum atomic E-state index is -2.90. The van der Waals surface area contributed by atoms with E-state index in [2.05, 4.69) is 4.98 Å². The first-order valence-electron chi connectivity index (χ1n) is 7.47. The van der Waals surface area contributed by atoms with E-state index in [1.165, 1.54) is 12.3 Å². The number of aryl methyl sites for hydroxylation is 1. The van der Waals surface area contributed by atoms with Gasteiger partial charge in [0.25, 0.3) is 5.92 Å². The number of benzene rings is 1. The van der Waals surface area contributed by atoms with Crippen molar-refractivity contribution >= 4 is 17.5 Å². The van der Waals surface area contributed by atoms with Gasteiger partial charge in [0.1, 0.15) is 5.75 Å². The van der Waals surface area contributed by atoms with E-state index in [1.807, 2.05) is 6.92 Å². The van der Waals surface area contributed by atoms with Crippen LogP contribution in [0.3, 0.4) is 0 Å². The molecule has 0 amide bonds. The summed E-state index contributed by atoms with van der Waals surface area (Å²) in [7, 11) is 0. The molecule has 0 aliphatic heterocycles. The molecule has 1 N–H and O–H groups in total. The first kappa shape index (κ1) is 21.4. The van der Waals surface area contributed by atoms with Crippen molar-refractivity contribution in [3.05, 3.63) is 47.7 Å². The lowest BCUT2D eigenvalue weighted by atomic mass is 9.99. The van der Waals surface area contributed by atoms with Gasteiger partial charge in [0.05, 0.1) is 17.5 Å². The first-order chi connectivity index (χ1) is 12.2. The maximum atomic E-state index is 12.8. The number of pyridine rings is 1. The molecule has 1 aromatic heterocycles. The molecular weight excluding hydrogens is 368 g/mol. The van der Waals surface area contributed by atoms with Crippen LogP contribution >= 0.6 is 0 Å². The van der Waals surface area contributed by atoms with Crippen LogP contribution in [0.25, 0.3) is 11.3 Å². The lowest BCUT2D eigenvalue weighted by Gasteiger charge is -2.12. The predicted octanol–water partition coefficient (Wildman–Crippen LogP) is 3.37. The molecule has 0 saturated heterocycles. The van der Waals surface area contributed by atoms with E-state index in [9.17, 15) is 13.6 Å². The van der Waals surface area contributed by atoms with Gasteiger partial charge in [-0.2, -0.15) is 8.42 Å². The molecule has 1 aromatic carbocycles. The number of hydrogen-bond acceptors (Lipinski definition) is 5. The molecule has 0 aliphatic carbocycles. The number of alkyl halides is 2. The Morgan fingerprint density at radius 2 is 1.92 bits per heavy atom. The molecule has 0 spiro atoms. The minimum Gasteiger partial charge on any atom is -0.486 e. The van der Waals surface area contributed by atoms with Crippen LogP contribution in [0, 0.1) is 0 Å². The average Bonchev–Trinajstić information content (AvgIpc) is 2.60. The van der Waals surface area contributed by atoms with Crippen LogP contribution in [-0.4, -0.2) is 37.0 Å². The fourth-order valence-electron chi connectivity index (χ4n) is 2.10. The second-order valence-corrected chi connectivity index (χ2v) is 5.47. The van der Waals surface area contributed by atoms with Crippen molar-refractivity contribution in [1.29, 1.82) is 0 Å². The Kier molecular flexibility index (Phi) is 7.98. The standard InChI is InChI=1S/C17H17F2NO3.O2S/c1-3-11-8-12(16(21)22)4-6-14(11)15-7-5-13(9-20-15)23-10-17(2,18)19;1-3-2/h4-9H,3,10H2,1-2H3,(H,21,22);. The lowest BCUT2D eigenvalue weighted by Crippen LogP contribution is -2.20. The molecule has 2 rings (SSSR count). The smallest absolute Gasteiger partial charge is 0.335 e. The Morgan fingerprint density at radius 3 is 2.38 bits per heavy atom. The van der Waals surface area contributed by atoms with Crippen molar-refractivity contribution in [1.82, 2.24) is 4.98 Å². The Bertz CT molecular complexity index is 785. The summed E-state index contributed by atoms with van der Waals surface area (Å²) in [5, 5.41) is 9.03. The van der Waals surface area contributed by atoms with E-state index in [0.717, 1.165) is 18.1 Å². The second-order valence-electron chi connectivity index (χ2n) is 5.34. The molecule has 1 heterocycles. The van der Waals surface area contributed by atoms with Crippen LogP contribution in [-0.2, 0) is 18.0 Å². The summed E-state index contributed by atoms with van der Waals surface area (Å²) in [6.07, 6.45) is 2.03. The number of carbonyl (C=O) groups is 1. The van der Waals surface area contributed by atoms with E-state index < -0.39 is 30.1 Å². The highest BCUT2D eigenvalue weighted by Gasteiger charge is 2.22. The van der Waals surface area contributed by atoms with E-state index >= 15 is 0 Å². The number of halogens is 2. The van der Waals surface area contributed by atoms with Crippen molar-refractivity contribution < 1.29 is 31.8 Å². The van der Waals surface area contributed by atoms with Gasteiger partial charge in [-0.15, -0.1) is 0 Å². The largest absolute Gasteiger partial charge is 0.486 e. The number of carboxylic acid groups (broad SMARTS) is 1. The normalized spacial score (nSPS) is 10.5. The quantitative estimate of drug-likeness (QED) is 0.819. The topological polar surface area (TPSA) is 93.6 Å². The molecule has 0 fully saturated rings. The van der Waals surface area contributed by atoms with E-state index in [0.29, 0.717) is 12.1 Å². The van der Waals surface area contributed by atoms with Gasteiger partial charge in [-0.05, 0) is 36.2 Å². The number of aromatic nitrogens is 1. The molecule has 0 aliphatic rings. The minimum absolute atomic E-state index is 0.218. The molecular formula is C17H17F2NO5S. The number of carboxylic acids is 1. The van der Waals surface area contributed by atoms with Crippen LogP contribution < -0.4 is 4.74 Å². The van der Waals surface area contributed by atoms with Crippen LogP contribution in [0.1, 0.15) is 29.8 Å². The van der Waals surface area contributed by atoms with Gasteiger partial charge in [-0.25, -0.2) is 13.6 Å².